The Kier molecular flexibility index (Phi) is 5.62. The molecule has 2 rings (SSSR count). The Morgan fingerprint density at radius 3 is 3.00 bits per heavy atom. The van der Waals surface area contributed by atoms with E-state index in [0.29, 0.717) is 6.61 Å². The van der Waals surface area contributed by atoms with Gasteiger partial charge in [0.2, 0.25) is 5.91 Å². The second-order valence-corrected chi connectivity index (χ2v) is 5.86. The molecule has 4 nitrogen and oxygen atoms in total. The van der Waals surface area contributed by atoms with Gasteiger partial charge in [0.05, 0.1) is 12.6 Å². The largest absolute Gasteiger partial charge is 0.494 e. The van der Waals surface area contributed by atoms with Crippen LogP contribution in [0.1, 0.15) is 51.1 Å². The van der Waals surface area contributed by atoms with Gasteiger partial charge >= 0.3 is 0 Å². The molecule has 0 aliphatic heterocycles. The zero-order valence-corrected chi connectivity index (χ0v) is 13.0. The number of benzene rings is 1. The van der Waals surface area contributed by atoms with Gasteiger partial charge in [0, 0.05) is 12.0 Å². The average Bonchev–Trinajstić information content (AvgIpc) is 2.48. The molecule has 1 aromatic rings. The van der Waals surface area contributed by atoms with Crippen molar-refractivity contribution in [2.45, 2.75) is 51.6 Å². The molecule has 0 heterocycles. The van der Waals surface area contributed by atoms with Crippen molar-refractivity contribution in [3.8, 4) is 5.75 Å². The van der Waals surface area contributed by atoms with Gasteiger partial charge < -0.3 is 15.8 Å². The number of hydrogen-bond acceptors (Lipinski definition) is 3. The van der Waals surface area contributed by atoms with E-state index in [9.17, 15) is 4.79 Å². The summed E-state index contributed by atoms with van der Waals surface area (Å²) < 4.78 is 5.50. The minimum atomic E-state index is -0.0175. The van der Waals surface area contributed by atoms with Crippen LogP contribution in [0.4, 0.5) is 0 Å². The van der Waals surface area contributed by atoms with Crippen molar-refractivity contribution in [2.24, 2.45) is 11.7 Å². The number of amides is 1. The fourth-order valence-corrected chi connectivity index (χ4v) is 2.92. The van der Waals surface area contributed by atoms with Crippen molar-refractivity contribution >= 4 is 5.91 Å². The highest BCUT2D eigenvalue weighted by Gasteiger charge is 2.26. The summed E-state index contributed by atoms with van der Waals surface area (Å²) in [5.74, 6) is 1.03. The van der Waals surface area contributed by atoms with Crippen LogP contribution in [0.2, 0.25) is 0 Å². The second kappa shape index (κ2) is 7.46. The second-order valence-electron chi connectivity index (χ2n) is 5.86. The highest BCUT2D eigenvalue weighted by Crippen LogP contribution is 2.25. The molecule has 21 heavy (non-hydrogen) atoms. The molecule has 1 aliphatic carbocycles. The van der Waals surface area contributed by atoms with Crippen LogP contribution < -0.4 is 15.8 Å². The van der Waals surface area contributed by atoms with E-state index in [-0.39, 0.29) is 23.9 Å². The highest BCUT2D eigenvalue weighted by atomic mass is 16.5. The predicted molar refractivity (Wildman–Crippen MR) is 84.1 cm³/mol. The molecule has 1 fully saturated rings. The summed E-state index contributed by atoms with van der Waals surface area (Å²) in [5, 5.41) is 3.11. The fourth-order valence-electron chi connectivity index (χ4n) is 2.92. The SMILES string of the molecule is CCOc1cccc(C(C)NC(=O)C2CCCC(N)C2)c1. The van der Waals surface area contributed by atoms with Crippen LogP contribution in [0.5, 0.6) is 5.75 Å². The zero-order valence-electron chi connectivity index (χ0n) is 13.0. The maximum absolute atomic E-state index is 12.3. The van der Waals surface area contributed by atoms with Crippen molar-refractivity contribution in [1.29, 1.82) is 0 Å². The van der Waals surface area contributed by atoms with Crippen molar-refractivity contribution in [2.75, 3.05) is 6.61 Å². The van der Waals surface area contributed by atoms with Gasteiger partial charge in [-0.2, -0.15) is 0 Å². The lowest BCUT2D eigenvalue weighted by atomic mass is 9.85. The summed E-state index contributed by atoms with van der Waals surface area (Å²) in [6, 6.07) is 8.05. The third-order valence-corrected chi connectivity index (χ3v) is 4.11. The summed E-state index contributed by atoms with van der Waals surface area (Å²) >= 11 is 0. The van der Waals surface area contributed by atoms with Crippen molar-refractivity contribution < 1.29 is 9.53 Å². The normalized spacial score (nSPS) is 23.4. The Hall–Kier alpha value is -1.55. The van der Waals surface area contributed by atoms with Gasteiger partial charge in [-0.3, -0.25) is 4.79 Å². The number of carbonyl (C=O) groups is 1. The van der Waals surface area contributed by atoms with Crippen LogP contribution >= 0.6 is 0 Å². The van der Waals surface area contributed by atoms with E-state index in [1.807, 2.05) is 38.1 Å². The predicted octanol–water partition coefficient (Wildman–Crippen LogP) is 2.78. The number of rotatable bonds is 5. The van der Waals surface area contributed by atoms with Crippen molar-refractivity contribution in [1.82, 2.24) is 5.32 Å². The maximum Gasteiger partial charge on any atom is 0.223 e. The van der Waals surface area contributed by atoms with E-state index in [1.165, 1.54) is 0 Å². The van der Waals surface area contributed by atoms with Crippen LogP contribution in [0.15, 0.2) is 24.3 Å². The molecule has 1 saturated carbocycles. The minimum absolute atomic E-state index is 0.0175. The molecule has 0 spiro atoms. The smallest absolute Gasteiger partial charge is 0.223 e. The number of ether oxygens (including phenoxy) is 1. The van der Waals surface area contributed by atoms with E-state index < -0.39 is 0 Å². The first-order valence-electron chi connectivity index (χ1n) is 7.89. The number of hydrogen-bond donors (Lipinski definition) is 2. The molecular formula is C17H26N2O2. The van der Waals surface area contributed by atoms with Crippen molar-refractivity contribution in [3.05, 3.63) is 29.8 Å². The van der Waals surface area contributed by atoms with Crippen LogP contribution in [0.25, 0.3) is 0 Å². The molecule has 0 bridgehead atoms. The molecule has 3 N–H and O–H groups in total. The quantitative estimate of drug-likeness (QED) is 0.876. The maximum atomic E-state index is 12.3. The van der Waals surface area contributed by atoms with Gasteiger partial charge in [-0.05, 0) is 50.8 Å². The lowest BCUT2D eigenvalue weighted by Gasteiger charge is -2.27. The summed E-state index contributed by atoms with van der Waals surface area (Å²) in [6.45, 7) is 4.61. The summed E-state index contributed by atoms with van der Waals surface area (Å²) in [7, 11) is 0. The molecule has 1 aliphatic rings. The zero-order chi connectivity index (χ0) is 15.2. The first kappa shape index (κ1) is 15.8. The molecule has 3 atom stereocenters. The number of nitrogens with two attached hydrogens (primary N) is 1. The minimum Gasteiger partial charge on any atom is -0.494 e. The first-order valence-corrected chi connectivity index (χ1v) is 7.89. The molecular weight excluding hydrogens is 264 g/mol. The monoisotopic (exact) mass is 290 g/mol. The van der Waals surface area contributed by atoms with Gasteiger partial charge in [0.1, 0.15) is 5.75 Å². The number of carbonyl (C=O) groups excluding carboxylic acids is 1. The van der Waals surface area contributed by atoms with E-state index in [1.54, 1.807) is 0 Å². The van der Waals surface area contributed by atoms with Crippen LogP contribution in [-0.4, -0.2) is 18.6 Å². The van der Waals surface area contributed by atoms with Crippen molar-refractivity contribution in [3.63, 3.8) is 0 Å². The molecule has 116 valence electrons. The average molecular weight is 290 g/mol. The molecule has 1 amide bonds. The van der Waals surface area contributed by atoms with E-state index >= 15 is 0 Å². The van der Waals surface area contributed by atoms with Gasteiger partial charge in [0.15, 0.2) is 0 Å². The third-order valence-electron chi connectivity index (χ3n) is 4.11. The number of nitrogens with one attached hydrogen (secondary N) is 1. The summed E-state index contributed by atoms with van der Waals surface area (Å²) in [4.78, 5) is 12.3. The Morgan fingerprint density at radius 2 is 2.29 bits per heavy atom. The summed E-state index contributed by atoms with van der Waals surface area (Å²) in [5.41, 5.74) is 7.03. The topological polar surface area (TPSA) is 64.3 Å². The molecule has 3 unspecified atom stereocenters. The Morgan fingerprint density at radius 1 is 1.48 bits per heavy atom. The molecule has 0 aromatic heterocycles. The fraction of sp³-hybridized carbons (Fsp3) is 0.588. The third kappa shape index (κ3) is 4.46. The van der Waals surface area contributed by atoms with E-state index in [4.69, 9.17) is 10.5 Å². The molecule has 0 radical (unpaired) electrons. The van der Waals surface area contributed by atoms with Gasteiger partial charge in [0.25, 0.3) is 0 Å². The Bertz CT molecular complexity index is 476. The van der Waals surface area contributed by atoms with Crippen LogP contribution in [0, 0.1) is 5.92 Å². The van der Waals surface area contributed by atoms with E-state index in [0.717, 1.165) is 37.0 Å². The lowest BCUT2D eigenvalue weighted by Crippen LogP contribution is -2.38. The lowest BCUT2D eigenvalue weighted by molar-refractivity contribution is -0.126. The van der Waals surface area contributed by atoms with Gasteiger partial charge in [-0.15, -0.1) is 0 Å². The van der Waals surface area contributed by atoms with Crippen LogP contribution in [0.3, 0.4) is 0 Å². The molecule has 1 aromatic carbocycles. The standard InChI is InChI=1S/C17H26N2O2/c1-3-21-16-9-5-6-13(11-16)12(2)19-17(20)14-7-4-8-15(18)10-14/h5-6,9,11-12,14-15H,3-4,7-8,10,18H2,1-2H3,(H,19,20). The first-order chi connectivity index (χ1) is 10.1. The summed E-state index contributed by atoms with van der Waals surface area (Å²) in [6.07, 6.45) is 3.84. The highest BCUT2D eigenvalue weighted by molar-refractivity contribution is 5.79. The van der Waals surface area contributed by atoms with Crippen LogP contribution in [-0.2, 0) is 4.79 Å². The van der Waals surface area contributed by atoms with E-state index in [2.05, 4.69) is 5.32 Å². The Balaban J connectivity index is 1.95. The van der Waals surface area contributed by atoms with Gasteiger partial charge in [-0.1, -0.05) is 18.6 Å². The molecule has 4 heteroatoms. The molecule has 0 saturated heterocycles. The Labute approximate surface area is 127 Å². The van der Waals surface area contributed by atoms with Gasteiger partial charge in [-0.25, -0.2) is 0 Å².